The molecule has 0 aliphatic carbocycles. The third-order valence-corrected chi connectivity index (χ3v) is 3.51. The van der Waals surface area contributed by atoms with E-state index >= 15 is 0 Å². The molecule has 70 valence electrons. The van der Waals surface area contributed by atoms with Crippen molar-refractivity contribution in [3.05, 3.63) is 36.5 Å². The van der Waals surface area contributed by atoms with Crippen molar-refractivity contribution in [1.29, 1.82) is 0 Å². The van der Waals surface area contributed by atoms with Crippen molar-refractivity contribution >= 4 is 14.0 Å². The summed E-state index contributed by atoms with van der Waals surface area (Å²) in [5.41, 5.74) is 8.32. The fourth-order valence-corrected chi connectivity index (χ4v) is 1.73. The molecule has 2 nitrogen and oxygen atoms in total. The van der Waals surface area contributed by atoms with Crippen LogP contribution in [0.15, 0.2) is 36.5 Å². The van der Waals surface area contributed by atoms with E-state index in [4.69, 9.17) is 10.2 Å². The number of benzene rings is 1. The second kappa shape index (κ2) is 3.66. The standard InChI is InChI=1S/C10H15NOSi/c1-4-13(2,3)12-10-8-6-5-7-9(10)11/h4-8H,1,11H2,2-3H3. The maximum Gasteiger partial charge on any atom is 0.269 e. The fraction of sp³-hybridized carbons (Fsp3) is 0.200. The molecule has 0 unspecified atom stereocenters. The highest BCUT2D eigenvalue weighted by molar-refractivity contribution is 6.76. The van der Waals surface area contributed by atoms with E-state index in [1.54, 1.807) is 0 Å². The Labute approximate surface area is 80.2 Å². The average Bonchev–Trinajstić information content (AvgIpc) is 2.09. The van der Waals surface area contributed by atoms with E-state index in [0.29, 0.717) is 5.69 Å². The molecule has 0 heterocycles. The Morgan fingerprint density at radius 3 is 2.54 bits per heavy atom. The highest BCUT2D eigenvalue weighted by Gasteiger charge is 2.19. The van der Waals surface area contributed by atoms with Gasteiger partial charge in [-0.1, -0.05) is 17.8 Å². The second-order valence-corrected chi connectivity index (χ2v) is 7.27. The SMILES string of the molecule is C=C[Si](C)(C)Oc1ccccc1N. The van der Waals surface area contributed by atoms with E-state index in [-0.39, 0.29) is 0 Å². The molecule has 13 heavy (non-hydrogen) atoms. The molecular formula is C10H15NOSi. The molecule has 0 fully saturated rings. The highest BCUT2D eigenvalue weighted by atomic mass is 28.4. The third kappa shape index (κ3) is 2.63. The number of nitrogens with two attached hydrogens (primary N) is 1. The lowest BCUT2D eigenvalue weighted by molar-refractivity contribution is 0.566. The van der Waals surface area contributed by atoms with Crippen LogP contribution < -0.4 is 10.2 Å². The van der Waals surface area contributed by atoms with Gasteiger partial charge in [0.05, 0.1) is 5.69 Å². The van der Waals surface area contributed by atoms with Gasteiger partial charge >= 0.3 is 0 Å². The Bertz CT molecular complexity index is 310. The first-order valence-electron chi connectivity index (χ1n) is 4.22. The summed E-state index contributed by atoms with van der Waals surface area (Å²) in [6, 6.07) is 7.53. The summed E-state index contributed by atoms with van der Waals surface area (Å²) in [5, 5.41) is 0. The molecule has 1 aromatic rings. The molecule has 2 N–H and O–H groups in total. The Kier molecular flexibility index (Phi) is 2.78. The van der Waals surface area contributed by atoms with E-state index in [9.17, 15) is 0 Å². The molecule has 0 saturated carbocycles. The summed E-state index contributed by atoms with van der Waals surface area (Å²) >= 11 is 0. The molecule has 0 spiro atoms. The molecule has 0 atom stereocenters. The van der Waals surface area contributed by atoms with Gasteiger partial charge in [-0.25, -0.2) is 0 Å². The smallest absolute Gasteiger partial charge is 0.269 e. The van der Waals surface area contributed by atoms with Gasteiger partial charge in [0.1, 0.15) is 5.75 Å². The summed E-state index contributed by atoms with van der Waals surface area (Å²) in [6.07, 6.45) is 0. The molecule has 0 aliphatic heterocycles. The minimum absolute atomic E-state index is 0.685. The maximum absolute atomic E-state index is 5.78. The van der Waals surface area contributed by atoms with Gasteiger partial charge in [0.15, 0.2) is 0 Å². The van der Waals surface area contributed by atoms with Gasteiger partial charge in [0, 0.05) is 0 Å². The molecule has 0 aliphatic rings. The average molecular weight is 193 g/mol. The van der Waals surface area contributed by atoms with Gasteiger partial charge in [0.25, 0.3) is 8.32 Å². The maximum atomic E-state index is 5.78. The molecular weight excluding hydrogens is 178 g/mol. The summed E-state index contributed by atoms with van der Waals surface area (Å²) in [7, 11) is -1.77. The summed E-state index contributed by atoms with van der Waals surface area (Å²) < 4.78 is 5.78. The van der Waals surface area contributed by atoms with Crippen molar-refractivity contribution < 1.29 is 4.43 Å². The normalized spacial score (nSPS) is 10.9. The lowest BCUT2D eigenvalue weighted by Crippen LogP contribution is -2.31. The van der Waals surface area contributed by atoms with Crippen molar-refractivity contribution in [1.82, 2.24) is 0 Å². The first-order valence-corrected chi connectivity index (χ1v) is 7.21. The van der Waals surface area contributed by atoms with Crippen molar-refractivity contribution in [2.24, 2.45) is 0 Å². The summed E-state index contributed by atoms with van der Waals surface area (Å²) in [5.74, 6) is 0.763. The predicted octanol–water partition coefficient (Wildman–Crippen LogP) is 2.58. The van der Waals surface area contributed by atoms with Crippen LogP contribution in [0.2, 0.25) is 13.1 Å². The van der Waals surface area contributed by atoms with Gasteiger partial charge in [-0.2, -0.15) is 0 Å². The Balaban J connectivity index is 2.86. The molecule has 0 bridgehead atoms. The van der Waals surface area contributed by atoms with Crippen molar-refractivity contribution in [2.45, 2.75) is 13.1 Å². The van der Waals surface area contributed by atoms with Gasteiger partial charge < -0.3 is 10.2 Å². The van der Waals surface area contributed by atoms with E-state index in [2.05, 4.69) is 19.7 Å². The third-order valence-electron chi connectivity index (χ3n) is 1.78. The lowest BCUT2D eigenvalue weighted by atomic mass is 10.3. The Morgan fingerprint density at radius 1 is 1.38 bits per heavy atom. The topological polar surface area (TPSA) is 35.2 Å². The van der Waals surface area contributed by atoms with Gasteiger partial charge in [-0.15, -0.1) is 6.58 Å². The van der Waals surface area contributed by atoms with E-state index in [1.165, 1.54) is 0 Å². The van der Waals surface area contributed by atoms with Crippen LogP contribution in [0, 0.1) is 0 Å². The minimum Gasteiger partial charge on any atom is -0.539 e. The number of para-hydroxylation sites is 2. The number of anilines is 1. The quantitative estimate of drug-likeness (QED) is 0.591. The van der Waals surface area contributed by atoms with Crippen LogP contribution in [0.25, 0.3) is 0 Å². The van der Waals surface area contributed by atoms with E-state index in [0.717, 1.165) is 5.75 Å². The number of hydrogen-bond donors (Lipinski definition) is 1. The largest absolute Gasteiger partial charge is 0.539 e. The molecule has 0 amide bonds. The van der Waals surface area contributed by atoms with Crippen LogP contribution in [0.1, 0.15) is 0 Å². The zero-order chi connectivity index (χ0) is 9.90. The Morgan fingerprint density at radius 2 is 2.00 bits per heavy atom. The van der Waals surface area contributed by atoms with E-state index in [1.807, 2.05) is 30.0 Å². The number of rotatable bonds is 3. The number of hydrogen-bond acceptors (Lipinski definition) is 2. The zero-order valence-electron chi connectivity index (χ0n) is 8.08. The molecule has 0 aromatic heterocycles. The molecule has 0 saturated heterocycles. The predicted molar refractivity (Wildman–Crippen MR) is 59.2 cm³/mol. The second-order valence-electron chi connectivity index (χ2n) is 3.45. The Hall–Kier alpha value is -1.22. The number of nitrogen functional groups attached to an aromatic ring is 1. The first kappa shape index (κ1) is 9.86. The van der Waals surface area contributed by atoms with Gasteiger partial charge in [0.2, 0.25) is 0 Å². The van der Waals surface area contributed by atoms with Crippen molar-refractivity contribution in [3.63, 3.8) is 0 Å². The van der Waals surface area contributed by atoms with Crippen LogP contribution in [0.5, 0.6) is 5.75 Å². The molecule has 1 aromatic carbocycles. The van der Waals surface area contributed by atoms with Crippen LogP contribution in [-0.4, -0.2) is 8.32 Å². The monoisotopic (exact) mass is 193 g/mol. The molecule has 1 rings (SSSR count). The van der Waals surface area contributed by atoms with Gasteiger partial charge in [-0.05, 0) is 25.2 Å². The van der Waals surface area contributed by atoms with Gasteiger partial charge in [-0.3, -0.25) is 0 Å². The fourth-order valence-electron chi connectivity index (χ4n) is 0.899. The van der Waals surface area contributed by atoms with Crippen molar-refractivity contribution in [2.75, 3.05) is 5.73 Å². The minimum atomic E-state index is -1.77. The zero-order valence-corrected chi connectivity index (χ0v) is 9.08. The van der Waals surface area contributed by atoms with Crippen LogP contribution >= 0.6 is 0 Å². The summed E-state index contributed by atoms with van der Waals surface area (Å²) in [4.78, 5) is 0. The highest BCUT2D eigenvalue weighted by Crippen LogP contribution is 2.23. The van der Waals surface area contributed by atoms with Crippen molar-refractivity contribution in [3.8, 4) is 5.75 Å². The molecule has 0 radical (unpaired) electrons. The summed E-state index contributed by atoms with van der Waals surface area (Å²) in [6.45, 7) is 7.91. The first-order chi connectivity index (χ1) is 6.05. The lowest BCUT2D eigenvalue weighted by Gasteiger charge is -2.20. The molecule has 3 heteroatoms. The van der Waals surface area contributed by atoms with E-state index < -0.39 is 8.32 Å². The van der Waals surface area contributed by atoms with Crippen LogP contribution in [0.4, 0.5) is 5.69 Å². The van der Waals surface area contributed by atoms with Crippen LogP contribution in [-0.2, 0) is 0 Å². The van der Waals surface area contributed by atoms with Crippen LogP contribution in [0.3, 0.4) is 0 Å².